The van der Waals surface area contributed by atoms with Crippen molar-refractivity contribution >= 4 is 23.5 Å². The van der Waals surface area contributed by atoms with Crippen LogP contribution in [0.15, 0.2) is 28.8 Å². The summed E-state index contributed by atoms with van der Waals surface area (Å²) in [5, 5.41) is 4.73. The van der Waals surface area contributed by atoms with E-state index in [4.69, 9.17) is 4.52 Å². The lowest BCUT2D eigenvalue weighted by Crippen LogP contribution is -1.85. The molecule has 3 rings (SSSR count). The molecule has 1 N–H and O–H groups in total. The Kier molecular flexibility index (Phi) is 2.52. The van der Waals surface area contributed by atoms with Crippen LogP contribution in [0.2, 0.25) is 0 Å². The number of carbonyl (C=O) groups excluding carboxylic acids is 2. The van der Waals surface area contributed by atoms with Gasteiger partial charge in [-0.05, 0) is 24.6 Å². The molecule has 0 aliphatic rings. The number of hydrogen-bond donors (Lipinski definition) is 1. The van der Waals surface area contributed by atoms with Gasteiger partial charge >= 0.3 is 0 Å². The van der Waals surface area contributed by atoms with Crippen LogP contribution in [0.4, 0.5) is 0 Å². The predicted octanol–water partition coefficient (Wildman–Crippen LogP) is 2.76. The summed E-state index contributed by atoms with van der Waals surface area (Å²) in [4.78, 5) is 25.1. The summed E-state index contributed by atoms with van der Waals surface area (Å²) >= 11 is 0. The smallest absolute Gasteiger partial charge is 0.191 e. The van der Waals surface area contributed by atoms with Gasteiger partial charge in [0.2, 0.25) is 0 Å². The summed E-state index contributed by atoms with van der Waals surface area (Å²) in [5.41, 5.74) is 2.60. The second-order valence-corrected chi connectivity index (χ2v) is 4.22. The number of rotatable bonds is 3. The van der Waals surface area contributed by atoms with Gasteiger partial charge in [-0.3, -0.25) is 9.59 Å². The monoisotopic (exact) mass is 254 g/mol. The molecule has 19 heavy (non-hydrogen) atoms. The first kappa shape index (κ1) is 11.4. The Bertz CT molecular complexity index is 783. The first-order chi connectivity index (χ1) is 9.26. The molecule has 5 heteroatoms. The SMILES string of the molecule is Cc1c(C=O)[nH]c(-c2onc3ccccc23)c1C=O. The van der Waals surface area contributed by atoms with Crippen LogP contribution in [-0.2, 0) is 0 Å². The highest BCUT2D eigenvalue weighted by atomic mass is 16.5. The second kappa shape index (κ2) is 4.20. The number of nitrogens with one attached hydrogen (secondary N) is 1. The van der Waals surface area contributed by atoms with Gasteiger partial charge in [-0.1, -0.05) is 17.3 Å². The third kappa shape index (κ3) is 1.59. The zero-order valence-corrected chi connectivity index (χ0v) is 10.1. The van der Waals surface area contributed by atoms with Crippen LogP contribution in [0.3, 0.4) is 0 Å². The molecule has 0 amide bonds. The summed E-state index contributed by atoms with van der Waals surface area (Å²) in [5.74, 6) is 0.467. The van der Waals surface area contributed by atoms with Crippen LogP contribution in [0.5, 0.6) is 0 Å². The van der Waals surface area contributed by atoms with Crippen molar-refractivity contribution in [2.24, 2.45) is 0 Å². The molecule has 2 aromatic heterocycles. The molecule has 2 heterocycles. The van der Waals surface area contributed by atoms with Crippen LogP contribution < -0.4 is 0 Å². The molecule has 1 aromatic carbocycles. The predicted molar refractivity (Wildman–Crippen MR) is 69.3 cm³/mol. The quantitative estimate of drug-likeness (QED) is 0.729. The van der Waals surface area contributed by atoms with Crippen molar-refractivity contribution in [1.82, 2.24) is 10.1 Å². The highest BCUT2D eigenvalue weighted by Crippen LogP contribution is 2.31. The van der Waals surface area contributed by atoms with Gasteiger partial charge in [0, 0.05) is 5.56 Å². The minimum Gasteiger partial charge on any atom is -0.353 e. The van der Waals surface area contributed by atoms with Gasteiger partial charge in [0.05, 0.1) is 16.8 Å². The topological polar surface area (TPSA) is 76.0 Å². The van der Waals surface area contributed by atoms with Crippen molar-refractivity contribution in [3.8, 4) is 11.5 Å². The van der Waals surface area contributed by atoms with Crippen molar-refractivity contribution in [2.75, 3.05) is 0 Å². The van der Waals surface area contributed by atoms with Gasteiger partial charge in [-0.15, -0.1) is 0 Å². The van der Waals surface area contributed by atoms with Crippen molar-refractivity contribution < 1.29 is 14.1 Å². The summed E-state index contributed by atoms with van der Waals surface area (Å²) in [7, 11) is 0. The Morgan fingerprint density at radius 3 is 2.74 bits per heavy atom. The normalized spacial score (nSPS) is 10.8. The lowest BCUT2D eigenvalue weighted by atomic mass is 10.1. The van der Waals surface area contributed by atoms with E-state index in [-0.39, 0.29) is 0 Å². The van der Waals surface area contributed by atoms with Crippen molar-refractivity contribution in [3.05, 3.63) is 41.1 Å². The molecule has 0 spiro atoms. The average molecular weight is 254 g/mol. The molecule has 0 bridgehead atoms. The lowest BCUT2D eigenvalue weighted by Gasteiger charge is -1.94. The molecule has 0 atom stereocenters. The molecule has 0 aliphatic carbocycles. The van der Waals surface area contributed by atoms with E-state index in [9.17, 15) is 9.59 Å². The number of benzene rings is 1. The first-order valence-electron chi connectivity index (χ1n) is 5.74. The van der Waals surface area contributed by atoms with Crippen LogP contribution in [0.1, 0.15) is 26.4 Å². The molecular weight excluding hydrogens is 244 g/mol. The molecule has 0 saturated heterocycles. The number of hydrogen-bond acceptors (Lipinski definition) is 4. The largest absolute Gasteiger partial charge is 0.353 e. The molecular formula is C14H10N2O3. The number of aromatic amines is 1. The van der Waals surface area contributed by atoms with Crippen LogP contribution in [-0.4, -0.2) is 22.7 Å². The Morgan fingerprint density at radius 2 is 2.00 bits per heavy atom. The van der Waals surface area contributed by atoms with E-state index in [0.717, 1.165) is 5.39 Å². The van der Waals surface area contributed by atoms with Gasteiger partial charge in [0.25, 0.3) is 0 Å². The fraction of sp³-hybridized carbons (Fsp3) is 0.0714. The Balaban J connectivity index is 2.32. The van der Waals surface area contributed by atoms with Gasteiger partial charge in [0.1, 0.15) is 5.52 Å². The summed E-state index contributed by atoms with van der Waals surface area (Å²) in [6, 6.07) is 7.39. The molecule has 5 nitrogen and oxygen atoms in total. The number of carbonyl (C=O) groups is 2. The maximum Gasteiger partial charge on any atom is 0.191 e. The molecule has 94 valence electrons. The van der Waals surface area contributed by atoms with Gasteiger partial charge in [0.15, 0.2) is 18.3 Å². The molecule has 3 aromatic rings. The van der Waals surface area contributed by atoms with Gasteiger partial charge in [-0.2, -0.15) is 0 Å². The van der Waals surface area contributed by atoms with Crippen molar-refractivity contribution in [3.63, 3.8) is 0 Å². The van der Waals surface area contributed by atoms with Crippen LogP contribution in [0.25, 0.3) is 22.4 Å². The van der Waals surface area contributed by atoms with E-state index >= 15 is 0 Å². The number of H-pyrrole nitrogens is 1. The number of aromatic nitrogens is 2. The molecule has 0 radical (unpaired) electrons. The Morgan fingerprint density at radius 1 is 1.21 bits per heavy atom. The van der Waals surface area contributed by atoms with Gasteiger partial charge < -0.3 is 9.51 Å². The Labute approximate surface area is 108 Å². The molecule has 0 unspecified atom stereocenters. The standard InChI is InChI=1S/C14H10N2O3/c1-8-10(6-17)13(15-12(8)7-18)14-9-4-2-3-5-11(9)16-19-14/h2-7,15H,1H3. The fourth-order valence-electron chi connectivity index (χ4n) is 2.14. The highest BCUT2D eigenvalue weighted by Gasteiger charge is 2.20. The van der Waals surface area contributed by atoms with E-state index in [1.54, 1.807) is 6.92 Å². The average Bonchev–Trinajstić information content (AvgIpc) is 2.99. The lowest BCUT2D eigenvalue weighted by molar-refractivity contribution is 0.111. The zero-order chi connectivity index (χ0) is 13.4. The summed E-state index contributed by atoms with van der Waals surface area (Å²) < 4.78 is 5.30. The molecule has 0 aliphatic heterocycles. The van der Waals surface area contributed by atoms with E-state index in [1.165, 1.54) is 0 Å². The minimum absolute atomic E-state index is 0.373. The van der Waals surface area contributed by atoms with Crippen LogP contribution in [0, 0.1) is 6.92 Å². The third-order valence-corrected chi connectivity index (χ3v) is 3.18. The molecule has 0 saturated carbocycles. The fourth-order valence-corrected chi connectivity index (χ4v) is 2.14. The summed E-state index contributed by atoms with van der Waals surface area (Å²) in [6.45, 7) is 1.71. The highest BCUT2D eigenvalue weighted by molar-refractivity contribution is 5.98. The number of aldehydes is 2. The van der Waals surface area contributed by atoms with E-state index in [0.29, 0.717) is 46.4 Å². The number of fused-ring (bicyclic) bond motifs is 1. The Hall–Kier alpha value is -2.69. The maximum atomic E-state index is 11.2. The van der Waals surface area contributed by atoms with Gasteiger partial charge in [-0.25, -0.2) is 0 Å². The van der Waals surface area contributed by atoms with Crippen molar-refractivity contribution in [1.29, 1.82) is 0 Å². The number of nitrogens with zero attached hydrogens (tertiary/aromatic N) is 1. The molecule has 0 fully saturated rings. The van der Waals surface area contributed by atoms with Crippen LogP contribution >= 0.6 is 0 Å². The second-order valence-electron chi connectivity index (χ2n) is 4.22. The summed E-state index contributed by atoms with van der Waals surface area (Å²) in [6.07, 6.45) is 1.40. The van der Waals surface area contributed by atoms with E-state index in [2.05, 4.69) is 10.1 Å². The first-order valence-corrected chi connectivity index (χ1v) is 5.74. The minimum atomic E-state index is 0.373. The van der Waals surface area contributed by atoms with E-state index in [1.807, 2.05) is 24.3 Å². The maximum absolute atomic E-state index is 11.2. The van der Waals surface area contributed by atoms with E-state index < -0.39 is 0 Å². The van der Waals surface area contributed by atoms with Crippen molar-refractivity contribution in [2.45, 2.75) is 6.92 Å². The zero-order valence-electron chi connectivity index (χ0n) is 10.1. The third-order valence-electron chi connectivity index (χ3n) is 3.18.